The second-order valence-corrected chi connectivity index (χ2v) is 9.11. The van der Waals surface area contributed by atoms with E-state index in [4.69, 9.17) is 0 Å². The smallest absolute Gasteiger partial charge is 0.243 e. The zero-order chi connectivity index (χ0) is 19.3. The number of carbonyl (C=O) groups excluding carboxylic acids is 1. The van der Waals surface area contributed by atoms with E-state index in [-0.39, 0.29) is 16.6 Å². The summed E-state index contributed by atoms with van der Waals surface area (Å²) in [5, 5.41) is 11.3. The van der Waals surface area contributed by atoms with Crippen LogP contribution in [0.1, 0.15) is 26.2 Å². The van der Waals surface area contributed by atoms with Gasteiger partial charge in [-0.1, -0.05) is 18.2 Å². The minimum atomic E-state index is -3.46. The van der Waals surface area contributed by atoms with Crippen molar-refractivity contribution in [1.29, 1.82) is 0 Å². The predicted octanol–water partition coefficient (Wildman–Crippen LogP) is 2.20. The summed E-state index contributed by atoms with van der Waals surface area (Å²) < 4.78 is 28.7. The molecule has 1 aromatic carbocycles. The summed E-state index contributed by atoms with van der Waals surface area (Å²) in [6.45, 7) is 3.86. The van der Waals surface area contributed by atoms with Crippen LogP contribution in [0.2, 0.25) is 0 Å². The highest BCUT2D eigenvalue weighted by Gasteiger charge is 2.25. The number of piperidine rings is 1. The summed E-state index contributed by atoms with van der Waals surface area (Å²) >= 11 is 1.31. The minimum Gasteiger partial charge on any atom is -0.325 e. The van der Waals surface area contributed by atoms with Gasteiger partial charge in [-0.3, -0.25) is 4.79 Å². The summed E-state index contributed by atoms with van der Waals surface area (Å²) in [5.74, 6) is 0.0178. The van der Waals surface area contributed by atoms with Crippen molar-refractivity contribution >= 4 is 33.4 Å². The SMILES string of the molecule is CCn1cnnc1SCC(=O)Nc1ccc(S(=O)(=O)N2CCCCC2)cc1. The van der Waals surface area contributed by atoms with Gasteiger partial charge in [-0.2, -0.15) is 4.31 Å². The number of hydrogen-bond acceptors (Lipinski definition) is 6. The molecule has 0 atom stereocenters. The molecule has 10 heteroatoms. The lowest BCUT2D eigenvalue weighted by molar-refractivity contribution is -0.113. The molecule has 1 amide bonds. The Bertz CT molecular complexity index is 874. The number of thioether (sulfide) groups is 1. The summed E-state index contributed by atoms with van der Waals surface area (Å²) in [6, 6.07) is 6.32. The van der Waals surface area contributed by atoms with Crippen LogP contribution in [0, 0.1) is 0 Å². The molecule has 0 aliphatic carbocycles. The van der Waals surface area contributed by atoms with Crippen LogP contribution >= 0.6 is 11.8 Å². The molecule has 146 valence electrons. The van der Waals surface area contributed by atoms with Gasteiger partial charge in [0.2, 0.25) is 15.9 Å². The Morgan fingerprint density at radius 1 is 1.19 bits per heavy atom. The van der Waals surface area contributed by atoms with E-state index in [1.54, 1.807) is 30.6 Å². The van der Waals surface area contributed by atoms with Crippen molar-refractivity contribution in [2.24, 2.45) is 0 Å². The molecular weight excluding hydrogens is 386 g/mol. The second-order valence-electron chi connectivity index (χ2n) is 6.23. The highest BCUT2D eigenvalue weighted by Crippen LogP contribution is 2.22. The normalized spacial score (nSPS) is 15.6. The molecule has 0 bridgehead atoms. The molecule has 1 fully saturated rings. The first-order chi connectivity index (χ1) is 13.0. The molecule has 0 spiro atoms. The predicted molar refractivity (Wildman–Crippen MR) is 104 cm³/mol. The molecule has 1 aliphatic heterocycles. The van der Waals surface area contributed by atoms with Crippen molar-refractivity contribution in [1.82, 2.24) is 19.1 Å². The fraction of sp³-hybridized carbons (Fsp3) is 0.471. The number of sulfonamides is 1. The van der Waals surface area contributed by atoms with Crippen molar-refractivity contribution in [2.45, 2.75) is 42.8 Å². The van der Waals surface area contributed by atoms with Crippen LogP contribution in [0.15, 0.2) is 40.6 Å². The number of nitrogens with one attached hydrogen (secondary N) is 1. The molecule has 1 saturated heterocycles. The van der Waals surface area contributed by atoms with Crippen LogP contribution in [0.3, 0.4) is 0 Å². The van der Waals surface area contributed by atoms with Crippen molar-refractivity contribution in [2.75, 3.05) is 24.2 Å². The Morgan fingerprint density at radius 2 is 1.89 bits per heavy atom. The number of rotatable bonds is 7. The number of nitrogens with zero attached hydrogens (tertiary/aromatic N) is 4. The molecule has 27 heavy (non-hydrogen) atoms. The summed E-state index contributed by atoms with van der Waals surface area (Å²) in [7, 11) is -3.46. The van der Waals surface area contributed by atoms with Crippen molar-refractivity contribution in [3.63, 3.8) is 0 Å². The second kappa shape index (κ2) is 8.85. The number of aryl methyl sites for hydroxylation is 1. The highest BCUT2D eigenvalue weighted by atomic mass is 32.2. The molecule has 2 heterocycles. The third-order valence-electron chi connectivity index (χ3n) is 4.34. The molecule has 8 nitrogen and oxygen atoms in total. The summed E-state index contributed by atoms with van der Waals surface area (Å²) in [4.78, 5) is 12.4. The number of anilines is 1. The zero-order valence-electron chi connectivity index (χ0n) is 15.2. The van der Waals surface area contributed by atoms with Crippen LogP contribution in [0.25, 0.3) is 0 Å². The summed E-state index contributed by atoms with van der Waals surface area (Å²) in [5.41, 5.74) is 0.565. The Hall–Kier alpha value is -1.91. The van der Waals surface area contributed by atoms with Crippen LogP contribution in [0.5, 0.6) is 0 Å². The fourth-order valence-electron chi connectivity index (χ4n) is 2.86. The number of carbonyl (C=O) groups is 1. The highest BCUT2D eigenvalue weighted by molar-refractivity contribution is 7.99. The van der Waals surface area contributed by atoms with Gasteiger partial charge in [0, 0.05) is 25.3 Å². The molecule has 1 aliphatic rings. The molecule has 1 N–H and O–H groups in total. The van der Waals surface area contributed by atoms with E-state index in [0.29, 0.717) is 23.9 Å². The summed E-state index contributed by atoms with van der Waals surface area (Å²) in [6.07, 6.45) is 4.50. The third kappa shape index (κ3) is 4.88. The van der Waals surface area contributed by atoms with E-state index < -0.39 is 10.0 Å². The van der Waals surface area contributed by atoms with Gasteiger partial charge in [0.05, 0.1) is 10.6 Å². The lowest BCUT2D eigenvalue weighted by atomic mass is 10.2. The largest absolute Gasteiger partial charge is 0.325 e. The average molecular weight is 410 g/mol. The maximum Gasteiger partial charge on any atom is 0.243 e. The Morgan fingerprint density at radius 3 is 2.56 bits per heavy atom. The van der Waals surface area contributed by atoms with Gasteiger partial charge in [0.1, 0.15) is 6.33 Å². The maximum atomic E-state index is 12.6. The maximum absolute atomic E-state index is 12.6. The number of amides is 1. The van der Waals surface area contributed by atoms with E-state index in [0.717, 1.165) is 25.8 Å². The van der Waals surface area contributed by atoms with E-state index in [9.17, 15) is 13.2 Å². The molecule has 3 rings (SSSR count). The molecule has 0 unspecified atom stereocenters. The lowest BCUT2D eigenvalue weighted by Gasteiger charge is -2.25. The monoisotopic (exact) mass is 409 g/mol. The first kappa shape index (κ1) is 19.8. The van der Waals surface area contributed by atoms with Gasteiger partial charge in [-0.25, -0.2) is 8.42 Å². The average Bonchev–Trinajstić information content (AvgIpc) is 3.15. The molecular formula is C17H23N5O3S2. The van der Waals surface area contributed by atoms with Gasteiger partial charge in [0.15, 0.2) is 5.16 Å². The fourth-order valence-corrected chi connectivity index (χ4v) is 5.16. The van der Waals surface area contributed by atoms with Gasteiger partial charge in [0.25, 0.3) is 0 Å². The zero-order valence-corrected chi connectivity index (χ0v) is 16.8. The van der Waals surface area contributed by atoms with Crippen LogP contribution in [-0.4, -0.2) is 52.2 Å². The topological polar surface area (TPSA) is 97.2 Å². The number of hydrogen-bond donors (Lipinski definition) is 1. The van der Waals surface area contributed by atoms with E-state index >= 15 is 0 Å². The minimum absolute atomic E-state index is 0.183. The molecule has 0 saturated carbocycles. The van der Waals surface area contributed by atoms with E-state index in [2.05, 4.69) is 15.5 Å². The Balaban J connectivity index is 1.57. The van der Waals surface area contributed by atoms with Gasteiger partial charge in [-0.15, -0.1) is 10.2 Å². The quantitative estimate of drug-likeness (QED) is 0.704. The lowest BCUT2D eigenvalue weighted by Crippen LogP contribution is -2.35. The Labute approximate surface area is 163 Å². The van der Waals surface area contributed by atoms with Crippen LogP contribution in [-0.2, 0) is 21.4 Å². The first-order valence-electron chi connectivity index (χ1n) is 8.91. The van der Waals surface area contributed by atoms with Crippen molar-refractivity contribution in [3.05, 3.63) is 30.6 Å². The first-order valence-corrected chi connectivity index (χ1v) is 11.3. The molecule has 1 aromatic heterocycles. The standard InChI is InChI=1S/C17H23N5O3S2/c1-2-21-13-18-20-17(21)26-12-16(23)19-14-6-8-15(9-7-14)27(24,25)22-10-4-3-5-11-22/h6-9,13H,2-5,10-12H2,1H3,(H,19,23). The van der Waals surface area contributed by atoms with Gasteiger partial charge < -0.3 is 9.88 Å². The number of benzene rings is 1. The van der Waals surface area contributed by atoms with Gasteiger partial charge >= 0.3 is 0 Å². The van der Waals surface area contributed by atoms with Crippen LogP contribution in [0.4, 0.5) is 5.69 Å². The van der Waals surface area contributed by atoms with Crippen molar-refractivity contribution < 1.29 is 13.2 Å². The van der Waals surface area contributed by atoms with Gasteiger partial charge in [-0.05, 0) is 44.0 Å². The van der Waals surface area contributed by atoms with Crippen LogP contribution < -0.4 is 5.32 Å². The molecule has 2 aromatic rings. The number of aromatic nitrogens is 3. The third-order valence-corrected chi connectivity index (χ3v) is 7.24. The van der Waals surface area contributed by atoms with E-state index in [1.165, 1.54) is 16.1 Å². The van der Waals surface area contributed by atoms with E-state index in [1.807, 2.05) is 11.5 Å². The van der Waals surface area contributed by atoms with Crippen molar-refractivity contribution in [3.8, 4) is 0 Å². The Kier molecular flexibility index (Phi) is 6.51. The molecule has 0 radical (unpaired) electrons.